The number of nitrogens with one attached hydrogen (secondary N) is 2. The molecule has 3 heterocycles. The second kappa shape index (κ2) is 7.46. The predicted molar refractivity (Wildman–Crippen MR) is 96.7 cm³/mol. The van der Waals surface area contributed by atoms with Gasteiger partial charge in [-0.25, -0.2) is 0 Å². The van der Waals surface area contributed by atoms with Crippen LogP contribution >= 0.6 is 0 Å². The summed E-state index contributed by atoms with van der Waals surface area (Å²) in [5, 5.41) is 5.62. The summed E-state index contributed by atoms with van der Waals surface area (Å²) in [7, 11) is 0. The van der Waals surface area contributed by atoms with Gasteiger partial charge in [-0.15, -0.1) is 0 Å². The number of anilines is 1. The smallest absolute Gasteiger partial charge is 0.242 e. The number of ether oxygens (including phenoxy) is 2. The monoisotopic (exact) mass is 373 g/mol. The summed E-state index contributed by atoms with van der Waals surface area (Å²) < 4.78 is 11.1. The Morgan fingerprint density at radius 1 is 1.15 bits per heavy atom. The molecule has 2 unspecified atom stereocenters. The van der Waals surface area contributed by atoms with Crippen LogP contribution in [0, 0.1) is 5.92 Å². The summed E-state index contributed by atoms with van der Waals surface area (Å²) in [5.74, 6) is 0.290. The van der Waals surface area contributed by atoms with Crippen molar-refractivity contribution in [3.05, 3.63) is 18.2 Å². The van der Waals surface area contributed by atoms with Gasteiger partial charge < -0.3 is 25.0 Å². The molecule has 4 rings (SSSR count). The number of fused-ring (bicyclic) bond motifs is 1. The molecule has 8 heteroatoms. The maximum atomic E-state index is 12.6. The summed E-state index contributed by atoms with van der Waals surface area (Å²) in [6, 6.07) is 4.83. The standard InChI is InChI=1S/C19H23N3O5/c23-17-9-12(18(24)21-14-3-1-2-6-20-19(14)25)11-22(17)13-4-5-15-16(10-13)27-8-7-26-15/h4-5,10,12,14H,1-3,6-9,11H2,(H,20,25)(H,21,24). The lowest BCUT2D eigenvalue weighted by molar-refractivity contribution is -0.131. The van der Waals surface area contributed by atoms with Crippen molar-refractivity contribution in [2.75, 3.05) is 31.2 Å². The van der Waals surface area contributed by atoms with Gasteiger partial charge in [0, 0.05) is 31.3 Å². The lowest BCUT2D eigenvalue weighted by Gasteiger charge is -2.22. The molecule has 144 valence electrons. The average molecular weight is 373 g/mol. The van der Waals surface area contributed by atoms with Crippen molar-refractivity contribution in [3.8, 4) is 11.5 Å². The van der Waals surface area contributed by atoms with Gasteiger partial charge in [0.2, 0.25) is 17.7 Å². The first-order chi connectivity index (χ1) is 13.1. The molecule has 0 aliphatic carbocycles. The van der Waals surface area contributed by atoms with E-state index in [1.165, 1.54) is 0 Å². The first-order valence-electron chi connectivity index (χ1n) is 9.40. The minimum absolute atomic E-state index is 0.114. The molecule has 2 N–H and O–H groups in total. The van der Waals surface area contributed by atoms with Gasteiger partial charge in [-0.2, -0.15) is 0 Å². The number of rotatable bonds is 3. The van der Waals surface area contributed by atoms with E-state index in [1.54, 1.807) is 23.1 Å². The minimum Gasteiger partial charge on any atom is -0.486 e. The van der Waals surface area contributed by atoms with Crippen LogP contribution in [0.25, 0.3) is 0 Å². The second-order valence-corrected chi connectivity index (χ2v) is 7.08. The van der Waals surface area contributed by atoms with Crippen LogP contribution in [0.2, 0.25) is 0 Å². The third kappa shape index (κ3) is 3.70. The lowest BCUT2D eigenvalue weighted by atomic mass is 10.1. The molecule has 3 amide bonds. The van der Waals surface area contributed by atoms with E-state index in [9.17, 15) is 14.4 Å². The number of carbonyl (C=O) groups excluding carboxylic acids is 3. The minimum atomic E-state index is -0.515. The zero-order valence-electron chi connectivity index (χ0n) is 15.0. The zero-order chi connectivity index (χ0) is 18.8. The number of hydrogen-bond donors (Lipinski definition) is 2. The fourth-order valence-corrected chi connectivity index (χ4v) is 3.70. The molecule has 3 aliphatic rings. The molecular formula is C19H23N3O5. The van der Waals surface area contributed by atoms with E-state index < -0.39 is 12.0 Å². The Kier molecular flexibility index (Phi) is 4.87. The van der Waals surface area contributed by atoms with Crippen molar-refractivity contribution in [3.63, 3.8) is 0 Å². The maximum absolute atomic E-state index is 12.6. The van der Waals surface area contributed by atoms with Gasteiger partial charge in [0.05, 0.1) is 5.92 Å². The van der Waals surface area contributed by atoms with E-state index in [2.05, 4.69) is 10.6 Å². The molecule has 2 fully saturated rings. The van der Waals surface area contributed by atoms with Crippen molar-refractivity contribution in [2.24, 2.45) is 5.92 Å². The van der Waals surface area contributed by atoms with Crippen LogP contribution in [0.1, 0.15) is 25.7 Å². The van der Waals surface area contributed by atoms with Crippen LogP contribution in [0.4, 0.5) is 5.69 Å². The Morgan fingerprint density at radius 2 is 1.96 bits per heavy atom. The van der Waals surface area contributed by atoms with Crippen molar-refractivity contribution >= 4 is 23.4 Å². The van der Waals surface area contributed by atoms with Gasteiger partial charge in [0.15, 0.2) is 11.5 Å². The number of benzene rings is 1. The van der Waals surface area contributed by atoms with E-state index in [0.29, 0.717) is 49.9 Å². The first-order valence-corrected chi connectivity index (χ1v) is 9.40. The molecular weight excluding hydrogens is 350 g/mol. The Labute approximate surface area is 157 Å². The highest BCUT2D eigenvalue weighted by Gasteiger charge is 2.37. The number of nitrogens with zero attached hydrogens (tertiary/aromatic N) is 1. The Hall–Kier alpha value is -2.77. The summed E-state index contributed by atoms with van der Waals surface area (Å²) in [4.78, 5) is 38.7. The molecule has 27 heavy (non-hydrogen) atoms. The van der Waals surface area contributed by atoms with Gasteiger partial charge in [0.25, 0.3) is 0 Å². The van der Waals surface area contributed by atoms with Crippen LogP contribution in [0.15, 0.2) is 18.2 Å². The van der Waals surface area contributed by atoms with Crippen LogP contribution in [0.3, 0.4) is 0 Å². The van der Waals surface area contributed by atoms with Crippen molar-refractivity contribution < 1.29 is 23.9 Å². The Bertz CT molecular complexity index is 766. The molecule has 0 saturated carbocycles. The molecule has 1 aromatic carbocycles. The third-order valence-electron chi connectivity index (χ3n) is 5.19. The van der Waals surface area contributed by atoms with E-state index in [0.717, 1.165) is 12.8 Å². The first kappa shape index (κ1) is 17.6. The fraction of sp³-hybridized carbons (Fsp3) is 0.526. The number of amides is 3. The molecule has 3 aliphatic heterocycles. The molecule has 0 bridgehead atoms. The highest BCUT2D eigenvalue weighted by atomic mass is 16.6. The molecule has 0 spiro atoms. The number of hydrogen-bond acceptors (Lipinski definition) is 5. The van der Waals surface area contributed by atoms with Crippen LogP contribution in [0.5, 0.6) is 11.5 Å². The maximum Gasteiger partial charge on any atom is 0.242 e. The number of carbonyl (C=O) groups is 3. The van der Waals surface area contributed by atoms with Crippen molar-refractivity contribution in [2.45, 2.75) is 31.7 Å². The molecule has 8 nitrogen and oxygen atoms in total. The van der Waals surface area contributed by atoms with Crippen LogP contribution in [-0.2, 0) is 14.4 Å². The summed E-state index contributed by atoms with van der Waals surface area (Å²) in [5.41, 5.74) is 0.687. The Balaban J connectivity index is 1.42. The van der Waals surface area contributed by atoms with Crippen molar-refractivity contribution in [1.82, 2.24) is 10.6 Å². The summed E-state index contributed by atoms with van der Waals surface area (Å²) in [6.45, 7) is 1.91. The largest absolute Gasteiger partial charge is 0.486 e. The molecule has 0 aromatic heterocycles. The predicted octanol–water partition coefficient (Wildman–Crippen LogP) is 0.596. The van der Waals surface area contributed by atoms with E-state index in [4.69, 9.17) is 9.47 Å². The lowest BCUT2D eigenvalue weighted by Crippen LogP contribution is -2.47. The van der Waals surface area contributed by atoms with Gasteiger partial charge in [0.1, 0.15) is 19.3 Å². The van der Waals surface area contributed by atoms with E-state index in [-0.39, 0.29) is 24.1 Å². The van der Waals surface area contributed by atoms with Gasteiger partial charge in [-0.1, -0.05) is 0 Å². The summed E-state index contributed by atoms with van der Waals surface area (Å²) >= 11 is 0. The van der Waals surface area contributed by atoms with Gasteiger partial charge >= 0.3 is 0 Å². The molecule has 1 aromatic rings. The quantitative estimate of drug-likeness (QED) is 0.809. The Morgan fingerprint density at radius 3 is 2.81 bits per heavy atom. The topological polar surface area (TPSA) is 97.0 Å². The van der Waals surface area contributed by atoms with Crippen LogP contribution < -0.4 is 25.0 Å². The zero-order valence-corrected chi connectivity index (χ0v) is 15.0. The normalized spacial score (nSPS) is 25.0. The summed E-state index contributed by atoms with van der Waals surface area (Å²) in [6.07, 6.45) is 2.56. The van der Waals surface area contributed by atoms with Crippen LogP contribution in [-0.4, -0.2) is 50.1 Å². The second-order valence-electron chi connectivity index (χ2n) is 7.08. The highest BCUT2D eigenvalue weighted by Crippen LogP contribution is 2.36. The third-order valence-corrected chi connectivity index (χ3v) is 5.19. The van der Waals surface area contributed by atoms with E-state index in [1.807, 2.05) is 0 Å². The SMILES string of the molecule is O=C(NC1CCCCNC1=O)C1CC(=O)N(c2ccc3c(c2)OCCO3)C1. The average Bonchev–Trinajstić information content (AvgIpc) is 2.96. The van der Waals surface area contributed by atoms with Crippen molar-refractivity contribution in [1.29, 1.82) is 0 Å². The molecule has 2 saturated heterocycles. The van der Waals surface area contributed by atoms with Gasteiger partial charge in [-0.3, -0.25) is 14.4 Å². The van der Waals surface area contributed by atoms with Gasteiger partial charge in [-0.05, 0) is 31.4 Å². The fourth-order valence-electron chi connectivity index (χ4n) is 3.70. The van der Waals surface area contributed by atoms with E-state index >= 15 is 0 Å². The highest BCUT2D eigenvalue weighted by molar-refractivity contribution is 6.01. The molecule has 2 atom stereocenters. The molecule has 0 radical (unpaired) electrons.